The molecule has 3 N–H and O–H groups in total. The molecule has 1 aromatic carbocycles. The van der Waals surface area contributed by atoms with E-state index in [1.54, 1.807) is 0 Å². The summed E-state index contributed by atoms with van der Waals surface area (Å²) in [7, 11) is 1.19. The lowest BCUT2D eigenvalue weighted by molar-refractivity contribution is -0.150. The Morgan fingerprint density at radius 1 is 1.50 bits per heavy atom. The molecule has 0 fully saturated rings. The van der Waals surface area contributed by atoms with E-state index in [0.29, 0.717) is 13.0 Å². The van der Waals surface area contributed by atoms with E-state index in [4.69, 9.17) is 0 Å². The van der Waals surface area contributed by atoms with E-state index in [-0.39, 0.29) is 18.4 Å². The fourth-order valence-electron chi connectivity index (χ4n) is 2.27. The van der Waals surface area contributed by atoms with Crippen LogP contribution in [0.25, 0.3) is 0 Å². The first kappa shape index (κ1) is 14.3. The second-order valence-corrected chi connectivity index (χ2v) is 4.71. The molecule has 0 aliphatic carbocycles. The highest BCUT2D eigenvalue weighted by Crippen LogP contribution is 2.32. The summed E-state index contributed by atoms with van der Waals surface area (Å²) < 4.78 is 4.37. The smallest absolute Gasteiger partial charge is 0.336 e. The van der Waals surface area contributed by atoms with Crippen molar-refractivity contribution in [2.24, 2.45) is 0 Å². The SMILES string of the molecule is COC(=O)C(O)CNC(=O)CC1CNc2ccccc21. The number of aliphatic hydroxyl groups is 1. The van der Waals surface area contributed by atoms with E-state index in [2.05, 4.69) is 15.4 Å². The molecule has 0 spiro atoms. The van der Waals surface area contributed by atoms with Crippen LogP contribution >= 0.6 is 0 Å². The molecule has 1 amide bonds. The number of amides is 1. The molecular formula is C14H18N2O4. The third-order valence-electron chi connectivity index (χ3n) is 3.34. The number of para-hydroxylation sites is 1. The van der Waals surface area contributed by atoms with Crippen molar-refractivity contribution in [1.29, 1.82) is 0 Å². The van der Waals surface area contributed by atoms with E-state index >= 15 is 0 Å². The van der Waals surface area contributed by atoms with Crippen LogP contribution in [0.5, 0.6) is 0 Å². The molecule has 2 rings (SSSR count). The Morgan fingerprint density at radius 3 is 3.00 bits per heavy atom. The number of benzene rings is 1. The Morgan fingerprint density at radius 2 is 2.25 bits per heavy atom. The standard InChI is InChI=1S/C14H18N2O4/c1-20-14(19)12(17)8-16-13(18)6-9-7-15-11-5-3-2-4-10(9)11/h2-5,9,12,15,17H,6-8H2,1H3,(H,16,18). The van der Waals surface area contributed by atoms with Crippen molar-refractivity contribution in [2.45, 2.75) is 18.4 Å². The van der Waals surface area contributed by atoms with Crippen LogP contribution in [-0.4, -0.2) is 43.3 Å². The normalized spacial score (nSPS) is 17.8. The van der Waals surface area contributed by atoms with Crippen molar-refractivity contribution < 1.29 is 19.4 Å². The number of carbonyl (C=O) groups is 2. The number of aliphatic hydroxyl groups excluding tert-OH is 1. The lowest BCUT2D eigenvalue weighted by Crippen LogP contribution is -2.37. The monoisotopic (exact) mass is 278 g/mol. The van der Waals surface area contributed by atoms with Gasteiger partial charge in [-0.05, 0) is 11.6 Å². The van der Waals surface area contributed by atoms with E-state index < -0.39 is 12.1 Å². The third-order valence-corrected chi connectivity index (χ3v) is 3.34. The fourth-order valence-corrected chi connectivity index (χ4v) is 2.27. The average Bonchev–Trinajstić information content (AvgIpc) is 2.87. The summed E-state index contributed by atoms with van der Waals surface area (Å²) >= 11 is 0. The Hall–Kier alpha value is -2.08. The van der Waals surface area contributed by atoms with Gasteiger partial charge in [-0.3, -0.25) is 4.79 Å². The van der Waals surface area contributed by atoms with Crippen LogP contribution in [0.1, 0.15) is 17.9 Å². The molecule has 2 unspecified atom stereocenters. The highest BCUT2D eigenvalue weighted by atomic mass is 16.5. The lowest BCUT2D eigenvalue weighted by Gasteiger charge is -2.12. The van der Waals surface area contributed by atoms with E-state index in [0.717, 1.165) is 11.3 Å². The predicted molar refractivity (Wildman–Crippen MR) is 73.3 cm³/mol. The summed E-state index contributed by atoms with van der Waals surface area (Å²) in [6.07, 6.45) is -1.00. The van der Waals surface area contributed by atoms with Gasteiger partial charge in [0.05, 0.1) is 13.7 Å². The zero-order chi connectivity index (χ0) is 14.5. The Labute approximate surface area is 117 Å². The molecule has 1 aliphatic rings. The van der Waals surface area contributed by atoms with Gasteiger partial charge in [0.25, 0.3) is 0 Å². The number of hydrogen-bond acceptors (Lipinski definition) is 5. The van der Waals surface area contributed by atoms with E-state index in [1.807, 2.05) is 24.3 Å². The first-order valence-electron chi connectivity index (χ1n) is 6.47. The molecule has 6 nitrogen and oxygen atoms in total. The maximum Gasteiger partial charge on any atom is 0.336 e. The number of fused-ring (bicyclic) bond motifs is 1. The number of hydrogen-bond donors (Lipinski definition) is 3. The molecule has 0 radical (unpaired) electrons. The zero-order valence-corrected chi connectivity index (χ0v) is 11.3. The quantitative estimate of drug-likeness (QED) is 0.671. The molecule has 0 aromatic heterocycles. The zero-order valence-electron chi connectivity index (χ0n) is 11.3. The number of esters is 1. The summed E-state index contributed by atoms with van der Waals surface area (Å²) in [5, 5.41) is 15.2. The second kappa shape index (κ2) is 6.38. The minimum atomic E-state index is -1.32. The van der Waals surface area contributed by atoms with Crippen LogP contribution in [0.4, 0.5) is 5.69 Å². The summed E-state index contributed by atoms with van der Waals surface area (Å²) in [4.78, 5) is 22.8. The molecule has 1 heterocycles. The largest absolute Gasteiger partial charge is 0.467 e. The van der Waals surface area contributed by atoms with Crippen molar-refractivity contribution >= 4 is 17.6 Å². The van der Waals surface area contributed by atoms with Gasteiger partial charge >= 0.3 is 5.97 Å². The van der Waals surface area contributed by atoms with E-state index in [9.17, 15) is 14.7 Å². The lowest BCUT2D eigenvalue weighted by atomic mass is 9.97. The van der Waals surface area contributed by atoms with Gasteiger partial charge in [0.1, 0.15) is 0 Å². The van der Waals surface area contributed by atoms with Gasteiger partial charge in [-0.2, -0.15) is 0 Å². The molecule has 6 heteroatoms. The molecule has 2 atom stereocenters. The Balaban J connectivity index is 1.83. The number of anilines is 1. The maximum atomic E-state index is 11.8. The van der Waals surface area contributed by atoms with Crippen LogP contribution in [0.2, 0.25) is 0 Å². The third kappa shape index (κ3) is 3.27. The number of rotatable bonds is 5. The van der Waals surface area contributed by atoms with Gasteiger partial charge in [0.2, 0.25) is 5.91 Å². The van der Waals surface area contributed by atoms with Crippen LogP contribution in [0.3, 0.4) is 0 Å². The van der Waals surface area contributed by atoms with Gasteiger partial charge in [-0.1, -0.05) is 18.2 Å². The van der Waals surface area contributed by atoms with Crippen LogP contribution < -0.4 is 10.6 Å². The fraction of sp³-hybridized carbons (Fsp3) is 0.429. The van der Waals surface area contributed by atoms with Crippen molar-refractivity contribution in [3.63, 3.8) is 0 Å². The molecule has 0 bridgehead atoms. The van der Waals surface area contributed by atoms with Gasteiger partial charge in [0.15, 0.2) is 6.10 Å². The highest BCUT2D eigenvalue weighted by molar-refractivity contribution is 5.80. The number of carbonyl (C=O) groups excluding carboxylic acids is 2. The van der Waals surface area contributed by atoms with Crippen molar-refractivity contribution in [3.8, 4) is 0 Å². The minimum Gasteiger partial charge on any atom is -0.467 e. The second-order valence-electron chi connectivity index (χ2n) is 4.71. The summed E-state index contributed by atoms with van der Waals surface area (Å²) in [6, 6.07) is 7.86. The summed E-state index contributed by atoms with van der Waals surface area (Å²) in [5.74, 6) is -0.837. The topological polar surface area (TPSA) is 87.7 Å². The van der Waals surface area contributed by atoms with Crippen LogP contribution in [-0.2, 0) is 14.3 Å². The van der Waals surface area contributed by atoms with Gasteiger partial charge < -0.3 is 20.5 Å². The molecule has 1 aromatic rings. The number of methoxy groups -OCH3 is 1. The number of nitrogens with one attached hydrogen (secondary N) is 2. The maximum absolute atomic E-state index is 11.8. The number of ether oxygens (including phenoxy) is 1. The van der Waals surface area contributed by atoms with E-state index in [1.165, 1.54) is 7.11 Å². The van der Waals surface area contributed by atoms with Crippen molar-refractivity contribution in [2.75, 3.05) is 25.5 Å². The highest BCUT2D eigenvalue weighted by Gasteiger charge is 2.24. The first-order chi connectivity index (χ1) is 9.61. The molecular weight excluding hydrogens is 260 g/mol. The molecule has 0 saturated carbocycles. The summed E-state index contributed by atoms with van der Waals surface area (Å²) in [5.41, 5.74) is 2.18. The Bertz CT molecular complexity index is 504. The minimum absolute atomic E-state index is 0.112. The van der Waals surface area contributed by atoms with Crippen LogP contribution in [0, 0.1) is 0 Å². The van der Waals surface area contributed by atoms with Crippen LogP contribution in [0.15, 0.2) is 24.3 Å². The molecule has 108 valence electrons. The molecule has 20 heavy (non-hydrogen) atoms. The van der Waals surface area contributed by atoms with Crippen molar-refractivity contribution in [1.82, 2.24) is 5.32 Å². The van der Waals surface area contributed by atoms with Crippen molar-refractivity contribution in [3.05, 3.63) is 29.8 Å². The van der Waals surface area contributed by atoms with Gasteiger partial charge in [0, 0.05) is 24.6 Å². The molecule has 0 saturated heterocycles. The van der Waals surface area contributed by atoms with Gasteiger partial charge in [-0.15, -0.1) is 0 Å². The van der Waals surface area contributed by atoms with Gasteiger partial charge in [-0.25, -0.2) is 4.79 Å². The predicted octanol–water partition coefficient (Wildman–Crippen LogP) is 0.236. The summed E-state index contributed by atoms with van der Waals surface area (Å²) in [6.45, 7) is 0.583. The first-order valence-corrected chi connectivity index (χ1v) is 6.47. The average molecular weight is 278 g/mol. The molecule has 1 aliphatic heterocycles. The Kier molecular flexibility index (Phi) is 4.57.